The molecular formula is C50H65N9O14S3. The lowest BCUT2D eigenvalue weighted by Crippen LogP contribution is -2.56. The number of aromatic nitrogens is 2. The first-order valence-electron chi connectivity index (χ1n) is 25.2. The number of fused-ring (bicyclic) bond motifs is 5. The van der Waals surface area contributed by atoms with Crippen LogP contribution in [0.3, 0.4) is 0 Å². The number of H-pyrrole nitrogens is 1. The Hall–Kier alpha value is -5.93. The number of carbonyl (C=O) groups is 9. The van der Waals surface area contributed by atoms with Crippen LogP contribution >= 0.6 is 33.3 Å². The normalized spacial score (nSPS) is 25.0. The molecule has 6 amide bonds. The first kappa shape index (κ1) is 59.3. The number of aliphatic hydroxyl groups is 3. The number of ketones is 3. The van der Waals surface area contributed by atoms with Crippen LogP contribution in [-0.2, 0) is 49.6 Å². The second-order valence-corrected chi connectivity index (χ2v) is 22.9. The summed E-state index contributed by atoms with van der Waals surface area (Å²) in [5, 5.41) is 57.7. The van der Waals surface area contributed by atoms with E-state index in [4.69, 9.17) is 0 Å². The van der Waals surface area contributed by atoms with Gasteiger partial charge in [-0.15, -0.1) is 11.8 Å². The number of aromatic amines is 1. The minimum Gasteiger partial charge on any atom is -0.394 e. The van der Waals surface area contributed by atoms with Crippen molar-refractivity contribution in [2.75, 3.05) is 37.7 Å². The monoisotopic (exact) mass is 1110 g/mol. The maximum absolute atomic E-state index is 14.9. The molecule has 0 saturated carbocycles. The van der Waals surface area contributed by atoms with Crippen molar-refractivity contribution >= 4 is 103 Å². The summed E-state index contributed by atoms with van der Waals surface area (Å²) in [6.07, 6.45) is -2.47. The number of pyridine rings is 1. The number of para-hydroxylation sites is 1. The molecule has 9 N–H and O–H groups in total. The predicted molar refractivity (Wildman–Crippen MR) is 281 cm³/mol. The molecule has 1 aromatic carbocycles. The largest absolute Gasteiger partial charge is 0.394 e. The van der Waals surface area contributed by atoms with E-state index in [2.05, 4.69) is 36.6 Å². The number of aliphatic hydroxyl groups excluding tert-OH is 3. The number of carbonyl (C=O) groups excluding carboxylic acids is 9. The second-order valence-electron chi connectivity index (χ2n) is 19.4. The topological polar surface area (TPSA) is 350 Å². The molecule has 0 spiro atoms. The number of thioether (sulfide) groups is 1. The molecule has 5 heterocycles. The smallest absolute Gasteiger partial charge is 0.287 e. The maximum Gasteiger partial charge on any atom is 0.287 e. The third-order valence-electron chi connectivity index (χ3n) is 13.9. The number of hydrogen-bond donors (Lipinski definition) is 9. The lowest BCUT2D eigenvalue weighted by Gasteiger charge is -2.32. The van der Waals surface area contributed by atoms with Crippen LogP contribution in [0.15, 0.2) is 52.6 Å². The van der Waals surface area contributed by atoms with Crippen LogP contribution < -0.4 is 26.6 Å². The van der Waals surface area contributed by atoms with Gasteiger partial charge in [0.25, 0.3) is 5.69 Å². The fraction of sp³-hybridized carbons (Fsp3) is 0.560. The Balaban J connectivity index is 1.38. The Morgan fingerprint density at radius 1 is 0.908 bits per heavy atom. The van der Waals surface area contributed by atoms with Gasteiger partial charge in [0, 0.05) is 79.0 Å². The van der Waals surface area contributed by atoms with Gasteiger partial charge < -0.3 is 51.8 Å². The molecule has 3 aromatic rings. The summed E-state index contributed by atoms with van der Waals surface area (Å²) < 4.78 is 0. The molecule has 3 aliphatic rings. The van der Waals surface area contributed by atoms with Crippen molar-refractivity contribution in [3.8, 4) is 0 Å². The Kier molecular flexibility index (Phi) is 21.8. The quantitative estimate of drug-likeness (QED) is 0.0451. The van der Waals surface area contributed by atoms with Gasteiger partial charge in [-0.25, -0.2) is 4.98 Å². The third-order valence-corrected chi connectivity index (χ3v) is 17.4. The molecule has 76 heavy (non-hydrogen) atoms. The molecular weight excluding hydrogens is 1050 g/mol. The molecule has 0 aliphatic carbocycles. The number of unbranched alkanes of at least 4 members (excludes halogenated alkanes) is 1. The van der Waals surface area contributed by atoms with Crippen LogP contribution in [0.25, 0.3) is 10.9 Å². The van der Waals surface area contributed by atoms with Crippen molar-refractivity contribution in [2.45, 2.75) is 125 Å². The fourth-order valence-electron chi connectivity index (χ4n) is 9.32. The molecule has 2 bridgehead atoms. The average molecular weight is 1110 g/mol. The van der Waals surface area contributed by atoms with Crippen LogP contribution in [0.4, 0.5) is 5.69 Å². The number of nitrogens with zero attached hydrogens (tertiary/aromatic N) is 3. The van der Waals surface area contributed by atoms with E-state index in [0.29, 0.717) is 51.5 Å². The van der Waals surface area contributed by atoms with Crippen LogP contribution in [-0.4, -0.2) is 162 Å². The van der Waals surface area contributed by atoms with E-state index in [0.717, 1.165) is 22.9 Å². The van der Waals surface area contributed by atoms with Gasteiger partial charge in [-0.3, -0.25) is 53.3 Å². The summed E-state index contributed by atoms with van der Waals surface area (Å²) >= 11 is 1.10. The molecule has 10 atom stereocenters. The molecule has 3 aliphatic heterocycles. The van der Waals surface area contributed by atoms with E-state index in [1.807, 2.05) is 0 Å². The molecule has 1 saturated heterocycles. The zero-order chi connectivity index (χ0) is 55.2. The first-order valence-corrected chi connectivity index (χ1v) is 28.5. The first-order chi connectivity index (χ1) is 36.3. The molecule has 0 radical (unpaired) electrons. The highest BCUT2D eigenvalue weighted by Crippen LogP contribution is 2.35. The summed E-state index contributed by atoms with van der Waals surface area (Å²) in [5.74, 6) is -10.5. The molecule has 2 aromatic heterocycles. The van der Waals surface area contributed by atoms with Crippen molar-refractivity contribution in [1.82, 2.24) is 41.5 Å². The van der Waals surface area contributed by atoms with Gasteiger partial charge in [-0.1, -0.05) is 56.2 Å². The van der Waals surface area contributed by atoms with Crippen LogP contribution in [0.2, 0.25) is 0 Å². The minimum absolute atomic E-state index is 0.00360. The van der Waals surface area contributed by atoms with Gasteiger partial charge in [-0.05, 0) is 53.7 Å². The Labute approximate surface area is 450 Å². The Morgan fingerprint density at radius 2 is 1.63 bits per heavy atom. The van der Waals surface area contributed by atoms with Crippen LogP contribution in [0.5, 0.6) is 0 Å². The van der Waals surface area contributed by atoms with Crippen molar-refractivity contribution < 1.29 is 63.4 Å². The van der Waals surface area contributed by atoms with E-state index in [-0.39, 0.29) is 30.7 Å². The van der Waals surface area contributed by atoms with Crippen molar-refractivity contribution in [1.29, 1.82) is 0 Å². The van der Waals surface area contributed by atoms with Gasteiger partial charge in [0.1, 0.15) is 29.1 Å². The number of rotatable bonds is 15. The van der Waals surface area contributed by atoms with Gasteiger partial charge in [-0.2, -0.15) is 0 Å². The van der Waals surface area contributed by atoms with Gasteiger partial charge >= 0.3 is 0 Å². The van der Waals surface area contributed by atoms with Crippen molar-refractivity contribution in [2.24, 2.45) is 23.7 Å². The SMILES string of the molecule is CC[C@H](C)[C@@H]1NC(=O)CNC(=O)C2CC(=O)[C@H]([C@@H](C)[C@@H](O)CO)NC(=O)[C@@H]3CC(O)CN3C(=O)[C@H](CC(=O)CCCCSSc3ccc([N+](=O)[O-])cn3)CC(=O)C(CSc3[nH]c4ccccc4c3C2)NC(=O)CNC1=O. The lowest BCUT2D eigenvalue weighted by molar-refractivity contribution is -0.385. The molecule has 23 nitrogen and oxygen atoms in total. The number of nitrogens with one attached hydrogen (secondary N) is 6. The van der Waals surface area contributed by atoms with Gasteiger partial charge in [0.05, 0.1) is 59.9 Å². The predicted octanol–water partition coefficient (Wildman–Crippen LogP) is 1.54. The number of Topliss-reactive ketones (excluding diaryl/α,β-unsaturated/α-hetero) is 3. The molecule has 6 rings (SSSR count). The standard InChI is InChI=1S/C50H65N9O14S3/c1-4-26(2)44-48(70)53-21-41(66)54-36-25-74-49-34(33-10-5-6-11-35(33)55-49)16-28(46(68)52-22-42(67)56-44)17-39(64)45(27(3)40(65)24-60)57-47(69)37-19-32(62)23-58(37)50(71)29(18-38(36)63)15-31(61)9-7-8-14-75-76-43-13-12-30(20-51-43)59(72)73/h5-6,10-13,20,26-29,32,36-37,40,44-45,55,60,62,65H,4,7-9,14-19,21-25H2,1-3H3,(H,52,68)(H,53,70)(H,54,66)(H,56,67)(H,57,69)/t26-,27-,28?,29+,32?,36?,37-,40-,44-,45-/m0/s1. The van der Waals surface area contributed by atoms with Crippen LogP contribution in [0, 0.1) is 33.8 Å². The highest BCUT2D eigenvalue weighted by molar-refractivity contribution is 8.76. The second kappa shape index (κ2) is 27.9. The molecule has 1 fully saturated rings. The van der Waals surface area contributed by atoms with E-state index >= 15 is 0 Å². The van der Waals surface area contributed by atoms with Gasteiger partial charge in [0.15, 0.2) is 11.6 Å². The van der Waals surface area contributed by atoms with Gasteiger partial charge in [0.2, 0.25) is 35.4 Å². The van der Waals surface area contributed by atoms with E-state index in [9.17, 15) is 68.6 Å². The Bertz CT molecular complexity index is 2640. The maximum atomic E-state index is 14.9. The summed E-state index contributed by atoms with van der Waals surface area (Å²) in [6, 6.07) is 4.39. The molecule has 412 valence electrons. The number of nitro groups is 1. The molecule has 3 unspecified atom stereocenters. The van der Waals surface area contributed by atoms with E-state index < -0.39 is 163 Å². The summed E-state index contributed by atoms with van der Waals surface area (Å²) in [7, 11) is 2.73. The minimum atomic E-state index is -1.58. The number of amides is 6. The average Bonchev–Trinajstić information content (AvgIpc) is 3.98. The Morgan fingerprint density at radius 3 is 2.33 bits per heavy atom. The van der Waals surface area contributed by atoms with E-state index in [1.54, 1.807) is 38.1 Å². The fourth-order valence-corrected chi connectivity index (χ4v) is 12.5. The number of hydrogen-bond acceptors (Lipinski definition) is 18. The third kappa shape index (κ3) is 15.8. The summed E-state index contributed by atoms with van der Waals surface area (Å²) in [4.78, 5) is 147. The van der Waals surface area contributed by atoms with Crippen LogP contribution in [0.1, 0.15) is 77.7 Å². The molecule has 26 heteroatoms. The summed E-state index contributed by atoms with van der Waals surface area (Å²) in [5.41, 5.74) is 0.999. The number of benzene rings is 1. The zero-order valence-corrected chi connectivity index (χ0v) is 44.8. The summed E-state index contributed by atoms with van der Waals surface area (Å²) in [6.45, 7) is 2.45. The highest BCUT2D eigenvalue weighted by Gasteiger charge is 2.45. The zero-order valence-electron chi connectivity index (χ0n) is 42.3. The lowest BCUT2D eigenvalue weighted by atomic mass is 9.85. The highest BCUT2D eigenvalue weighted by atomic mass is 33.1. The van der Waals surface area contributed by atoms with E-state index in [1.165, 1.54) is 40.6 Å². The van der Waals surface area contributed by atoms with Crippen molar-refractivity contribution in [3.63, 3.8) is 0 Å². The van der Waals surface area contributed by atoms with Crippen molar-refractivity contribution in [3.05, 3.63) is 58.3 Å².